The average molecular weight is 395 g/mol. The molecular weight excluding hydrogens is 364 g/mol. The predicted molar refractivity (Wildman–Crippen MR) is 107 cm³/mol. The van der Waals surface area contributed by atoms with E-state index < -0.39 is 10.0 Å². The lowest BCUT2D eigenvalue weighted by molar-refractivity contribution is 0.0644. The van der Waals surface area contributed by atoms with Crippen molar-refractivity contribution < 1.29 is 13.2 Å². The van der Waals surface area contributed by atoms with Crippen molar-refractivity contribution in [2.75, 3.05) is 64.8 Å². The molecule has 8 heteroatoms. The largest absolute Gasteiger partial charge is 0.371 e. The van der Waals surface area contributed by atoms with Crippen LogP contribution in [0.1, 0.15) is 30.1 Å². The highest BCUT2D eigenvalue weighted by Gasteiger charge is 2.28. The van der Waals surface area contributed by atoms with Gasteiger partial charge in [-0.25, -0.2) is 12.7 Å². The highest BCUT2D eigenvalue weighted by Crippen LogP contribution is 2.29. The van der Waals surface area contributed by atoms with Gasteiger partial charge in [-0.15, -0.1) is 0 Å². The van der Waals surface area contributed by atoms with Crippen LogP contribution in [0, 0.1) is 0 Å². The molecule has 2 aliphatic rings. The Balaban J connectivity index is 1.96. The number of hydrogen-bond acceptors (Lipinski definition) is 5. The van der Waals surface area contributed by atoms with Crippen LogP contribution in [-0.2, 0) is 10.0 Å². The minimum atomic E-state index is -3.58. The summed E-state index contributed by atoms with van der Waals surface area (Å²) in [5.74, 6) is -0.0662. The van der Waals surface area contributed by atoms with Crippen molar-refractivity contribution in [3.63, 3.8) is 0 Å². The second-order valence-electron chi connectivity index (χ2n) is 7.39. The maximum Gasteiger partial charge on any atom is 0.256 e. The molecule has 1 aromatic rings. The number of rotatable bonds is 5. The first-order chi connectivity index (χ1) is 12.8. The number of likely N-dealkylation sites (N-methyl/N-ethyl adjacent to an activating group) is 1. The summed E-state index contributed by atoms with van der Waals surface area (Å²) >= 11 is 0. The molecule has 7 nitrogen and oxygen atoms in total. The fourth-order valence-corrected chi connectivity index (χ4v) is 4.66. The van der Waals surface area contributed by atoms with Gasteiger partial charge in [-0.1, -0.05) is 6.92 Å². The molecule has 2 fully saturated rings. The van der Waals surface area contributed by atoms with Crippen LogP contribution in [0.25, 0.3) is 0 Å². The van der Waals surface area contributed by atoms with Gasteiger partial charge in [-0.2, -0.15) is 0 Å². The Hall–Kier alpha value is -1.64. The van der Waals surface area contributed by atoms with Gasteiger partial charge in [-0.3, -0.25) is 4.79 Å². The van der Waals surface area contributed by atoms with Crippen LogP contribution in [0.4, 0.5) is 5.69 Å². The summed E-state index contributed by atoms with van der Waals surface area (Å²) in [6, 6.07) is 4.99. The zero-order chi connectivity index (χ0) is 19.6. The first kappa shape index (κ1) is 20.1. The SMILES string of the molecule is CCN1CCN(C(=O)c2cc(S(=O)(=O)N(C)C)ccc2N2CCCC2)CC1. The van der Waals surface area contributed by atoms with Crippen LogP contribution in [0.2, 0.25) is 0 Å². The summed E-state index contributed by atoms with van der Waals surface area (Å²) in [6.07, 6.45) is 2.20. The highest BCUT2D eigenvalue weighted by atomic mass is 32.2. The normalized spacial score (nSPS) is 19.1. The fraction of sp³-hybridized carbons (Fsp3) is 0.632. The molecule has 3 rings (SSSR count). The van der Waals surface area contributed by atoms with Crippen LogP contribution in [-0.4, -0.2) is 88.3 Å². The predicted octanol–water partition coefficient (Wildman–Crippen LogP) is 1.31. The molecule has 27 heavy (non-hydrogen) atoms. The van der Waals surface area contributed by atoms with Crippen LogP contribution < -0.4 is 4.90 Å². The van der Waals surface area contributed by atoms with Gasteiger partial charge in [0.05, 0.1) is 10.5 Å². The molecular formula is C19H30N4O3S. The highest BCUT2D eigenvalue weighted by molar-refractivity contribution is 7.89. The van der Waals surface area contributed by atoms with Crippen LogP contribution in [0.3, 0.4) is 0 Å². The van der Waals surface area contributed by atoms with E-state index in [-0.39, 0.29) is 10.8 Å². The molecule has 0 radical (unpaired) electrons. The number of hydrogen-bond donors (Lipinski definition) is 0. The van der Waals surface area contributed by atoms with Crippen molar-refractivity contribution in [3.8, 4) is 0 Å². The number of benzene rings is 1. The summed E-state index contributed by atoms with van der Waals surface area (Å²) < 4.78 is 26.3. The second kappa shape index (κ2) is 8.16. The molecule has 1 aromatic carbocycles. The lowest BCUT2D eigenvalue weighted by atomic mass is 10.1. The molecule has 2 heterocycles. The maximum absolute atomic E-state index is 13.3. The summed E-state index contributed by atoms with van der Waals surface area (Å²) in [5.41, 5.74) is 1.36. The zero-order valence-corrected chi connectivity index (χ0v) is 17.3. The lowest BCUT2D eigenvalue weighted by Gasteiger charge is -2.35. The molecule has 2 saturated heterocycles. The number of piperazine rings is 1. The number of carbonyl (C=O) groups is 1. The summed E-state index contributed by atoms with van der Waals surface area (Å²) in [6.45, 7) is 7.99. The number of sulfonamides is 1. The van der Waals surface area contributed by atoms with Gasteiger partial charge in [-0.05, 0) is 37.6 Å². The Morgan fingerprint density at radius 2 is 1.67 bits per heavy atom. The molecule has 1 amide bonds. The first-order valence-corrected chi connectivity index (χ1v) is 11.1. The van der Waals surface area contributed by atoms with E-state index in [1.807, 2.05) is 4.90 Å². The molecule has 0 saturated carbocycles. The molecule has 0 N–H and O–H groups in total. The van der Waals surface area contributed by atoms with Crippen LogP contribution >= 0.6 is 0 Å². The van der Waals surface area contributed by atoms with E-state index in [0.29, 0.717) is 18.7 Å². The third-order valence-electron chi connectivity index (χ3n) is 5.53. The van der Waals surface area contributed by atoms with E-state index in [4.69, 9.17) is 0 Å². The molecule has 0 bridgehead atoms. The van der Waals surface area contributed by atoms with Crippen LogP contribution in [0.5, 0.6) is 0 Å². The first-order valence-electron chi connectivity index (χ1n) is 9.67. The summed E-state index contributed by atoms with van der Waals surface area (Å²) in [4.78, 5) is 19.8. The molecule has 0 aromatic heterocycles. The van der Waals surface area contributed by atoms with E-state index in [1.54, 1.807) is 18.2 Å². The monoisotopic (exact) mass is 394 g/mol. The van der Waals surface area contributed by atoms with Gasteiger partial charge < -0.3 is 14.7 Å². The number of amides is 1. The van der Waals surface area contributed by atoms with Gasteiger partial charge in [0.25, 0.3) is 5.91 Å². The Labute approximate surface area is 162 Å². The van der Waals surface area contributed by atoms with Crippen molar-refractivity contribution in [1.82, 2.24) is 14.1 Å². The van der Waals surface area contributed by atoms with E-state index in [1.165, 1.54) is 18.4 Å². The molecule has 0 unspecified atom stereocenters. The molecule has 0 atom stereocenters. The third kappa shape index (κ3) is 4.12. The average Bonchev–Trinajstić information content (AvgIpc) is 3.21. The van der Waals surface area contributed by atoms with E-state index in [9.17, 15) is 13.2 Å². The summed E-state index contributed by atoms with van der Waals surface area (Å²) in [7, 11) is -0.563. The van der Waals surface area contributed by atoms with Gasteiger partial charge >= 0.3 is 0 Å². The van der Waals surface area contributed by atoms with E-state index >= 15 is 0 Å². The quantitative estimate of drug-likeness (QED) is 0.754. The van der Waals surface area contributed by atoms with Gasteiger partial charge in [0.15, 0.2) is 0 Å². The number of nitrogens with zero attached hydrogens (tertiary/aromatic N) is 4. The maximum atomic E-state index is 13.3. The van der Waals surface area contributed by atoms with Crippen molar-refractivity contribution in [3.05, 3.63) is 23.8 Å². The Kier molecular flexibility index (Phi) is 6.08. The molecule has 2 aliphatic heterocycles. The molecule has 0 spiro atoms. The minimum Gasteiger partial charge on any atom is -0.371 e. The molecule has 0 aliphatic carbocycles. The lowest BCUT2D eigenvalue weighted by Crippen LogP contribution is -2.48. The zero-order valence-electron chi connectivity index (χ0n) is 16.5. The van der Waals surface area contributed by atoms with Crippen molar-refractivity contribution >= 4 is 21.6 Å². The standard InChI is InChI=1S/C19H30N4O3S/c1-4-21-11-13-23(14-12-21)19(24)17-15-16(27(25,26)20(2)3)7-8-18(17)22-9-5-6-10-22/h7-8,15H,4-6,9-14H2,1-3H3. The van der Waals surface area contributed by atoms with E-state index in [2.05, 4.69) is 16.7 Å². The summed E-state index contributed by atoms with van der Waals surface area (Å²) in [5, 5.41) is 0. The van der Waals surface area contributed by atoms with Gasteiger partial charge in [0.1, 0.15) is 0 Å². The Bertz CT molecular complexity index is 780. The van der Waals surface area contributed by atoms with Crippen molar-refractivity contribution in [2.24, 2.45) is 0 Å². The topological polar surface area (TPSA) is 64.2 Å². The fourth-order valence-electron chi connectivity index (χ4n) is 3.73. The Morgan fingerprint density at radius 1 is 1.04 bits per heavy atom. The van der Waals surface area contributed by atoms with Gasteiger partial charge in [0, 0.05) is 59.1 Å². The third-order valence-corrected chi connectivity index (χ3v) is 7.34. The van der Waals surface area contributed by atoms with E-state index in [0.717, 1.165) is 51.3 Å². The Morgan fingerprint density at radius 3 is 2.22 bits per heavy atom. The van der Waals surface area contributed by atoms with Crippen molar-refractivity contribution in [2.45, 2.75) is 24.7 Å². The van der Waals surface area contributed by atoms with Crippen LogP contribution in [0.15, 0.2) is 23.1 Å². The minimum absolute atomic E-state index is 0.0662. The number of carbonyl (C=O) groups excluding carboxylic acids is 1. The van der Waals surface area contributed by atoms with Crippen molar-refractivity contribution in [1.29, 1.82) is 0 Å². The van der Waals surface area contributed by atoms with Gasteiger partial charge in [0.2, 0.25) is 10.0 Å². The molecule has 150 valence electrons. The smallest absolute Gasteiger partial charge is 0.256 e. The number of anilines is 1. The second-order valence-corrected chi connectivity index (χ2v) is 9.54.